The van der Waals surface area contributed by atoms with Crippen molar-refractivity contribution in [1.29, 1.82) is 0 Å². The number of carboxylic acids is 1. The maximum Gasteiger partial charge on any atom is 0.331 e. The van der Waals surface area contributed by atoms with Gasteiger partial charge in [-0.3, -0.25) is 0 Å². The second kappa shape index (κ2) is 5.14. The van der Waals surface area contributed by atoms with Gasteiger partial charge in [0.1, 0.15) is 0 Å². The molecule has 0 aliphatic heterocycles. The molecule has 0 unspecified atom stereocenters. The summed E-state index contributed by atoms with van der Waals surface area (Å²) in [5.74, 6) is -0.939. The molecule has 1 aromatic carbocycles. The normalized spacial score (nSPS) is 12.5. The summed E-state index contributed by atoms with van der Waals surface area (Å²) in [5, 5.41) is 8.70. The van der Waals surface area contributed by atoms with Crippen LogP contribution in [0, 0.1) is 0 Å². The molecule has 92 valence electrons. The van der Waals surface area contributed by atoms with Crippen molar-refractivity contribution in [3.63, 3.8) is 0 Å². The molecule has 0 heterocycles. The summed E-state index contributed by atoms with van der Waals surface area (Å²) in [6, 6.07) is 6.16. The monoisotopic (exact) mass is 254 g/mol. The van der Waals surface area contributed by atoms with Crippen molar-refractivity contribution >= 4 is 21.9 Å². The van der Waals surface area contributed by atoms with Crippen LogP contribution < -0.4 is 0 Å². The van der Waals surface area contributed by atoms with Crippen LogP contribution in [0.4, 0.5) is 0 Å². The van der Waals surface area contributed by atoms with Gasteiger partial charge in [0, 0.05) is 5.57 Å². The highest BCUT2D eigenvalue weighted by Gasteiger charge is 2.10. The largest absolute Gasteiger partial charge is 0.478 e. The van der Waals surface area contributed by atoms with Crippen molar-refractivity contribution in [2.75, 3.05) is 5.75 Å². The fourth-order valence-electron chi connectivity index (χ4n) is 1.25. The number of hydrogen-bond donors (Lipinski definition) is 1. The van der Waals surface area contributed by atoms with Gasteiger partial charge in [0.2, 0.25) is 0 Å². The van der Waals surface area contributed by atoms with Crippen LogP contribution in [0.2, 0.25) is 0 Å². The molecule has 0 bridgehead atoms. The van der Waals surface area contributed by atoms with Gasteiger partial charge in [-0.1, -0.05) is 19.1 Å². The number of benzene rings is 1. The Morgan fingerprint density at radius 3 is 2.24 bits per heavy atom. The molecule has 0 saturated carbocycles. The van der Waals surface area contributed by atoms with Crippen molar-refractivity contribution in [1.82, 2.24) is 0 Å². The summed E-state index contributed by atoms with van der Waals surface area (Å²) in [6.45, 7) is 3.07. The zero-order chi connectivity index (χ0) is 13.1. The van der Waals surface area contributed by atoms with Gasteiger partial charge in [-0.25, -0.2) is 13.2 Å². The lowest BCUT2D eigenvalue weighted by molar-refractivity contribution is -0.132. The van der Waals surface area contributed by atoms with E-state index in [0.29, 0.717) is 5.56 Å². The summed E-state index contributed by atoms with van der Waals surface area (Å²) in [5.41, 5.74) is 0.871. The Morgan fingerprint density at radius 1 is 1.29 bits per heavy atom. The predicted molar refractivity (Wildman–Crippen MR) is 65.5 cm³/mol. The van der Waals surface area contributed by atoms with Crippen molar-refractivity contribution in [3.05, 3.63) is 35.4 Å². The van der Waals surface area contributed by atoms with Crippen LogP contribution in [0.1, 0.15) is 19.4 Å². The summed E-state index contributed by atoms with van der Waals surface area (Å²) < 4.78 is 23.1. The van der Waals surface area contributed by atoms with Gasteiger partial charge in [-0.2, -0.15) is 0 Å². The Kier molecular flexibility index (Phi) is 4.07. The fraction of sp³-hybridized carbons (Fsp3) is 0.250. The first kappa shape index (κ1) is 13.4. The molecule has 1 aromatic rings. The van der Waals surface area contributed by atoms with E-state index in [1.54, 1.807) is 19.1 Å². The van der Waals surface area contributed by atoms with Gasteiger partial charge < -0.3 is 5.11 Å². The highest BCUT2D eigenvalue weighted by molar-refractivity contribution is 7.91. The van der Waals surface area contributed by atoms with E-state index in [4.69, 9.17) is 5.11 Å². The van der Waals surface area contributed by atoms with Crippen LogP contribution in [0.15, 0.2) is 34.7 Å². The predicted octanol–water partition coefficient (Wildman–Crippen LogP) is 1.97. The number of aliphatic carboxylic acids is 1. The van der Waals surface area contributed by atoms with E-state index in [0.717, 1.165) is 0 Å². The summed E-state index contributed by atoms with van der Waals surface area (Å²) in [4.78, 5) is 10.9. The van der Waals surface area contributed by atoms with Crippen LogP contribution in [0.3, 0.4) is 0 Å². The maximum absolute atomic E-state index is 11.5. The lowest BCUT2D eigenvalue weighted by atomic mass is 10.1. The molecule has 5 heteroatoms. The Bertz CT molecular complexity index is 538. The highest BCUT2D eigenvalue weighted by Crippen LogP contribution is 2.14. The SMILES string of the molecule is CCS(=O)(=O)c1ccc(/C=C(\C)C(=O)O)cc1. The van der Waals surface area contributed by atoms with Crippen LogP contribution in [0.25, 0.3) is 6.08 Å². The molecule has 0 fully saturated rings. The first-order chi connectivity index (χ1) is 7.86. The lowest BCUT2D eigenvalue weighted by Crippen LogP contribution is -2.03. The summed E-state index contributed by atoms with van der Waals surface area (Å²) in [7, 11) is -3.20. The third kappa shape index (κ3) is 3.42. The Morgan fingerprint density at radius 2 is 1.82 bits per heavy atom. The Hall–Kier alpha value is -1.62. The van der Waals surface area contributed by atoms with E-state index in [9.17, 15) is 13.2 Å². The quantitative estimate of drug-likeness (QED) is 0.834. The second-order valence-corrected chi connectivity index (χ2v) is 5.88. The minimum absolute atomic E-state index is 0.0519. The molecular formula is C12H14O4S. The molecule has 1 rings (SSSR count). The molecule has 0 radical (unpaired) electrons. The van der Waals surface area contributed by atoms with Crippen LogP contribution in [-0.2, 0) is 14.6 Å². The first-order valence-corrected chi connectivity index (χ1v) is 6.76. The number of hydrogen-bond acceptors (Lipinski definition) is 3. The molecule has 0 saturated heterocycles. The van der Waals surface area contributed by atoms with Gasteiger partial charge in [-0.05, 0) is 30.7 Å². The van der Waals surface area contributed by atoms with Crippen molar-refractivity contribution in [2.24, 2.45) is 0 Å². The topological polar surface area (TPSA) is 71.4 Å². The number of sulfone groups is 1. The summed E-state index contributed by atoms with van der Waals surface area (Å²) >= 11 is 0. The standard InChI is InChI=1S/C12H14O4S/c1-3-17(15,16)11-6-4-10(5-7-11)8-9(2)12(13)14/h4-8H,3H2,1-2H3,(H,13,14)/b9-8+. The molecule has 0 spiro atoms. The van der Waals surface area contributed by atoms with Gasteiger partial charge >= 0.3 is 5.97 Å². The smallest absolute Gasteiger partial charge is 0.331 e. The van der Waals surface area contributed by atoms with E-state index in [-0.39, 0.29) is 16.2 Å². The Labute approximate surface area is 101 Å². The number of rotatable bonds is 4. The van der Waals surface area contributed by atoms with E-state index < -0.39 is 15.8 Å². The highest BCUT2D eigenvalue weighted by atomic mass is 32.2. The minimum Gasteiger partial charge on any atom is -0.478 e. The molecule has 0 amide bonds. The molecule has 1 N–H and O–H groups in total. The van der Waals surface area contributed by atoms with E-state index in [2.05, 4.69) is 0 Å². The van der Waals surface area contributed by atoms with Crippen LogP contribution >= 0.6 is 0 Å². The van der Waals surface area contributed by atoms with Crippen LogP contribution in [0.5, 0.6) is 0 Å². The zero-order valence-electron chi connectivity index (χ0n) is 9.67. The zero-order valence-corrected chi connectivity index (χ0v) is 10.5. The minimum atomic E-state index is -3.20. The molecule has 0 aliphatic carbocycles. The third-order valence-electron chi connectivity index (χ3n) is 2.34. The van der Waals surface area contributed by atoms with E-state index in [1.807, 2.05) is 0 Å². The lowest BCUT2D eigenvalue weighted by Gasteiger charge is -2.01. The molecule has 0 atom stereocenters. The van der Waals surface area contributed by atoms with E-state index >= 15 is 0 Å². The molecule has 17 heavy (non-hydrogen) atoms. The maximum atomic E-state index is 11.5. The van der Waals surface area contributed by atoms with Crippen LogP contribution in [-0.4, -0.2) is 25.2 Å². The van der Waals surface area contributed by atoms with Gasteiger partial charge in [-0.15, -0.1) is 0 Å². The molecule has 4 nitrogen and oxygen atoms in total. The van der Waals surface area contributed by atoms with Crippen molar-refractivity contribution in [3.8, 4) is 0 Å². The average Bonchev–Trinajstić information content (AvgIpc) is 2.29. The summed E-state index contributed by atoms with van der Waals surface area (Å²) in [6.07, 6.45) is 1.49. The van der Waals surface area contributed by atoms with Crippen molar-refractivity contribution in [2.45, 2.75) is 18.7 Å². The van der Waals surface area contributed by atoms with Gasteiger partial charge in [0.15, 0.2) is 9.84 Å². The molecule has 0 aliphatic rings. The third-order valence-corrected chi connectivity index (χ3v) is 4.09. The first-order valence-electron chi connectivity index (χ1n) is 5.11. The second-order valence-electron chi connectivity index (χ2n) is 3.60. The van der Waals surface area contributed by atoms with Gasteiger partial charge in [0.05, 0.1) is 10.6 Å². The number of carboxylic acid groups (broad SMARTS) is 1. The van der Waals surface area contributed by atoms with Crippen molar-refractivity contribution < 1.29 is 18.3 Å². The average molecular weight is 254 g/mol. The molecular weight excluding hydrogens is 240 g/mol. The number of carbonyl (C=O) groups is 1. The van der Waals surface area contributed by atoms with Gasteiger partial charge in [0.25, 0.3) is 0 Å². The van der Waals surface area contributed by atoms with E-state index in [1.165, 1.54) is 25.1 Å². The fourth-order valence-corrected chi connectivity index (χ4v) is 2.13. The molecule has 0 aromatic heterocycles. The Balaban J connectivity index is 3.05.